The van der Waals surface area contributed by atoms with E-state index >= 15 is 0 Å². The van der Waals surface area contributed by atoms with Gasteiger partial charge in [-0.1, -0.05) is 34.8 Å². The van der Waals surface area contributed by atoms with Crippen molar-refractivity contribution in [2.45, 2.75) is 0 Å². The van der Waals surface area contributed by atoms with Crippen molar-refractivity contribution in [3.63, 3.8) is 0 Å². The van der Waals surface area contributed by atoms with Crippen molar-refractivity contribution in [1.82, 2.24) is 4.98 Å². The zero-order valence-electron chi connectivity index (χ0n) is 13.5. The molecule has 136 valence electrons. The number of hydrogen-bond donors (Lipinski definition) is 1. The summed E-state index contributed by atoms with van der Waals surface area (Å²) >= 11 is 19.8. The lowest BCUT2D eigenvalue weighted by atomic mass is 10.2. The van der Waals surface area contributed by atoms with E-state index in [4.69, 9.17) is 44.3 Å². The monoisotopic (exact) mass is 430 g/mol. The number of nitrogens with zero attached hydrogens (tertiary/aromatic N) is 1. The van der Waals surface area contributed by atoms with Crippen LogP contribution in [0.3, 0.4) is 0 Å². The first-order chi connectivity index (χ1) is 12.5. The second-order valence-electron chi connectivity index (χ2n) is 5.16. The smallest absolute Gasteiger partial charge is 0.267 e. The Morgan fingerprint density at radius 2 is 2.08 bits per heavy atom. The number of nitrogens with one attached hydrogen (secondary N) is 1. The molecule has 0 aliphatic carbocycles. The molecule has 0 bridgehead atoms. The third-order valence-corrected chi connectivity index (χ3v) is 5.54. The number of pyridine rings is 1. The lowest BCUT2D eigenvalue weighted by molar-refractivity contribution is 0.102. The number of thiophene rings is 1. The Kier molecular flexibility index (Phi) is 6.21. The van der Waals surface area contributed by atoms with Gasteiger partial charge in [-0.25, -0.2) is 4.98 Å². The molecule has 1 aromatic carbocycles. The van der Waals surface area contributed by atoms with Gasteiger partial charge >= 0.3 is 0 Å². The topological polar surface area (TPSA) is 60.5 Å². The average molecular weight is 432 g/mol. The minimum atomic E-state index is -0.381. The van der Waals surface area contributed by atoms with E-state index < -0.39 is 0 Å². The molecule has 0 atom stereocenters. The summed E-state index contributed by atoms with van der Waals surface area (Å²) in [5.74, 6) is -0.0795. The Labute approximate surface area is 168 Å². The van der Waals surface area contributed by atoms with Crippen LogP contribution in [0.4, 0.5) is 5.69 Å². The number of carbonyl (C=O) groups excluding carboxylic acids is 1. The van der Waals surface area contributed by atoms with E-state index in [9.17, 15) is 4.79 Å². The number of ether oxygens (including phenoxy) is 2. The van der Waals surface area contributed by atoms with Crippen molar-refractivity contribution < 1.29 is 14.3 Å². The van der Waals surface area contributed by atoms with E-state index in [-0.39, 0.29) is 10.9 Å². The molecule has 3 aromatic rings. The molecular weight excluding hydrogens is 419 g/mol. The van der Waals surface area contributed by atoms with Crippen LogP contribution in [0.5, 0.6) is 5.88 Å². The third kappa shape index (κ3) is 4.05. The van der Waals surface area contributed by atoms with Crippen LogP contribution in [0.25, 0.3) is 10.1 Å². The molecule has 2 heterocycles. The molecule has 1 amide bonds. The fourth-order valence-corrected chi connectivity index (χ4v) is 4.53. The van der Waals surface area contributed by atoms with E-state index in [1.54, 1.807) is 37.6 Å². The number of aromatic nitrogens is 1. The number of amides is 1. The molecule has 5 nitrogen and oxygen atoms in total. The number of fused-ring (bicyclic) bond motifs is 1. The molecule has 0 fully saturated rings. The Hall–Kier alpha value is -1.57. The van der Waals surface area contributed by atoms with Gasteiger partial charge < -0.3 is 14.8 Å². The maximum atomic E-state index is 12.7. The van der Waals surface area contributed by atoms with Crippen LogP contribution in [0.2, 0.25) is 15.1 Å². The van der Waals surface area contributed by atoms with Crippen LogP contribution >= 0.6 is 46.1 Å². The summed E-state index contributed by atoms with van der Waals surface area (Å²) in [5, 5.41) is 4.55. The van der Waals surface area contributed by atoms with Gasteiger partial charge in [-0.2, -0.15) is 0 Å². The third-order valence-electron chi connectivity index (χ3n) is 3.40. The summed E-state index contributed by atoms with van der Waals surface area (Å²) in [6.07, 6.45) is 1.58. The van der Waals surface area contributed by atoms with Gasteiger partial charge in [-0.05, 0) is 24.3 Å². The van der Waals surface area contributed by atoms with Gasteiger partial charge in [0, 0.05) is 28.4 Å². The molecule has 0 spiro atoms. The molecular formula is C17H13Cl3N2O3S. The Bertz CT molecular complexity index is 962. The molecule has 0 aliphatic rings. The summed E-state index contributed by atoms with van der Waals surface area (Å²) in [6.45, 7) is 0.722. The minimum Gasteiger partial charge on any atom is -0.474 e. The predicted molar refractivity (Wildman–Crippen MR) is 106 cm³/mol. The molecule has 9 heteroatoms. The van der Waals surface area contributed by atoms with Crippen LogP contribution in [0.15, 0.2) is 30.5 Å². The van der Waals surface area contributed by atoms with Crippen molar-refractivity contribution in [2.24, 2.45) is 0 Å². The summed E-state index contributed by atoms with van der Waals surface area (Å²) < 4.78 is 11.2. The highest BCUT2D eigenvalue weighted by Gasteiger charge is 2.21. The second-order valence-corrected chi connectivity index (χ2v) is 7.43. The number of carbonyl (C=O) groups is 1. The molecule has 1 N–H and O–H groups in total. The lowest BCUT2D eigenvalue weighted by Crippen LogP contribution is -2.13. The van der Waals surface area contributed by atoms with Gasteiger partial charge in [0.2, 0.25) is 5.88 Å². The first-order valence-electron chi connectivity index (χ1n) is 7.46. The largest absolute Gasteiger partial charge is 0.474 e. The zero-order valence-corrected chi connectivity index (χ0v) is 16.6. The highest BCUT2D eigenvalue weighted by Crippen LogP contribution is 2.41. The summed E-state index contributed by atoms with van der Waals surface area (Å²) in [4.78, 5) is 17.2. The highest BCUT2D eigenvalue weighted by atomic mass is 35.5. The number of anilines is 1. The molecule has 0 saturated heterocycles. The van der Waals surface area contributed by atoms with E-state index in [0.29, 0.717) is 45.1 Å². The highest BCUT2D eigenvalue weighted by molar-refractivity contribution is 7.21. The van der Waals surface area contributed by atoms with Crippen LogP contribution in [0, 0.1) is 0 Å². The second kappa shape index (κ2) is 8.41. The van der Waals surface area contributed by atoms with E-state index in [0.717, 1.165) is 4.70 Å². The van der Waals surface area contributed by atoms with Gasteiger partial charge in [-0.15, -0.1) is 11.3 Å². The van der Waals surface area contributed by atoms with Gasteiger partial charge in [0.1, 0.15) is 17.2 Å². The lowest BCUT2D eigenvalue weighted by Gasteiger charge is -2.10. The Balaban J connectivity index is 1.88. The van der Waals surface area contributed by atoms with E-state index in [2.05, 4.69) is 10.3 Å². The van der Waals surface area contributed by atoms with Gasteiger partial charge in [0.25, 0.3) is 5.91 Å². The van der Waals surface area contributed by atoms with Crippen molar-refractivity contribution >= 4 is 67.8 Å². The number of methoxy groups -OCH3 is 1. The van der Waals surface area contributed by atoms with Crippen LogP contribution < -0.4 is 10.1 Å². The Morgan fingerprint density at radius 3 is 2.85 bits per heavy atom. The molecule has 0 saturated carbocycles. The quantitative estimate of drug-likeness (QED) is 0.521. The SMILES string of the molecule is COCCOc1ncccc1NC(=O)c1sc2cc(Cl)cc(Cl)c2c1Cl. The summed E-state index contributed by atoms with van der Waals surface area (Å²) in [5.41, 5.74) is 0.436. The number of rotatable bonds is 6. The summed E-state index contributed by atoms with van der Waals surface area (Å²) in [7, 11) is 1.57. The predicted octanol–water partition coefficient (Wildman–Crippen LogP) is 5.53. The zero-order chi connectivity index (χ0) is 18.7. The van der Waals surface area contributed by atoms with Crippen molar-refractivity contribution in [3.8, 4) is 5.88 Å². The van der Waals surface area contributed by atoms with Gasteiger partial charge in [0.15, 0.2) is 0 Å². The molecule has 3 rings (SSSR count). The van der Waals surface area contributed by atoms with E-state index in [1.807, 2.05) is 0 Å². The fraction of sp³-hybridized carbons (Fsp3) is 0.176. The van der Waals surface area contributed by atoms with Crippen LogP contribution in [0.1, 0.15) is 9.67 Å². The fourth-order valence-electron chi connectivity index (χ4n) is 2.26. The van der Waals surface area contributed by atoms with Gasteiger partial charge in [0.05, 0.1) is 16.7 Å². The first kappa shape index (κ1) is 19.2. The first-order valence-corrected chi connectivity index (χ1v) is 9.41. The maximum absolute atomic E-state index is 12.7. The molecule has 0 aliphatic heterocycles. The summed E-state index contributed by atoms with van der Waals surface area (Å²) in [6, 6.07) is 6.70. The Morgan fingerprint density at radius 1 is 1.27 bits per heavy atom. The molecule has 26 heavy (non-hydrogen) atoms. The van der Waals surface area contributed by atoms with Gasteiger partial charge in [-0.3, -0.25) is 4.79 Å². The molecule has 0 radical (unpaired) electrons. The normalized spacial score (nSPS) is 10.9. The van der Waals surface area contributed by atoms with Crippen molar-refractivity contribution in [2.75, 3.05) is 25.6 Å². The van der Waals surface area contributed by atoms with Crippen molar-refractivity contribution in [3.05, 3.63) is 50.4 Å². The van der Waals surface area contributed by atoms with Crippen molar-refractivity contribution in [1.29, 1.82) is 0 Å². The minimum absolute atomic E-state index is 0.287. The maximum Gasteiger partial charge on any atom is 0.267 e. The number of benzene rings is 1. The number of hydrogen-bond acceptors (Lipinski definition) is 5. The van der Waals surface area contributed by atoms with E-state index in [1.165, 1.54) is 11.3 Å². The standard InChI is InChI=1S/C17H13Cl3N2O3S/c1-24-5-6-25-17-11(3-2-4-21-17)22-16(23)15-14(20)13-10(19)7-9(18)8-12(13)26-15/h2-4,7-8H,5-6H2,1H3,(H,22,23). The van der Waals surface area contributed by atoms with Crippen LogP contribution in [-0.2, 0) is 4.74 Å². The number of halogens is 3. The average Bonchev–Trinajstić information content (AvgIpc) is 2.93. The molecule has 0 unspecified atom stereocenters. The van der Waals surface area contributed by atoms with Crippen LogP contribution in [-0.4, -0.2) is 31.2 Å². The molecule has 2 aromatic heterocycles.